The lowest BCUT2D eigenvalue weighted by atomic mass is 10.3. The van der Waals surface area contributed by atoms with E-state index in [1.807, 2.05) is 0 Å². The van der Waals surface area contributed by atoms with Crippen LogP contribution < -0.4 is 5.73 Å². The summed E-state index contributed by atoms with van der Waals surface area (Å²) in [5.41, 5.74) is 6.00. The molecule has 0 aromatic heterocycles. The first kappa shape index (κ1) is 12.4. The summed E-state index contributed by atoms with van der Waals surface area (Å²) in [5.74, 6) is 0.425. The topological polar surface area (TPSA) is 81.5 Å². The molecule has 0 spiro atoms. The molecule has 0 fully saturated rings. The van der Waals surface area contributed by atoms with Crippen molar-refractivity contribution < 1.29 is 4.92 Å². The van der Waals surface area contributed by atoms with Crippen molar-refractivity contribution in [1.82, 2.24) is 0 Å². The molecule has 5 nitrogen and oxygen atoms in total. The predicted octanol–water partition coefficient (Wildman–Crippen LogP) is 2.03. The summed E-state index contributed by atoms with van der Waals surface area (Å²) >= 11 is 0. The zero-order valence-electron chi connectivity index (χ0n) is 7.51. The van der Waals surface area contributed by atoms with Crippen LogP contribution in [0.1, 0.15) is 6.92 Å². The molecule has 0 amide bonds. The molecule has 1 aromatic rings. The first-order chi connectivity index (χ1) is 6.09. The van der Waals surface area contributed by atoms with Gasteiger partial charge in [0.2, 0.25) is 0 Å². The van der Waals surface area contributed by atoms with Gasteiger partial charge in [-0.2, -0.15) is 0 Å². The van der Waals surface area contributed by atoms with Gasteiger partial charge < -0.3 is 5.73 Å². The van der Waals surface area contributed by atoms with Gasteiger partial charge in [0.1, 0.15) is 0 Å². The Hall–Kier alpha value is -1.62. The van der Waals surface area contributed by atoms with Gasteiger partial charge in [-0.15, -0.1) is 12.4 Å². The van der Waals surface area contributed by atoms with Crippen LogP contribution in [0.15, 0.2) is 29.3 Å². The Bertz CT molecular complexity index is 344. The van der Waals surface area contributed by atoms with Gasteiger partial charge in [0.15, 0.2) is 0 Å². The van der Waals surface area contributed by atoms with Crippen molar-refractivity contribution in [2.24, 2.45) is 10.7 Å². The largest absolute Gasteiger partial charge is 0.387 e. The maximum absolute atomic E-state index is 10.3. The molecule has 0 saturated heterocycles. The van der Waals surface area contributed by atoms with Crippen LogP contribution in [0.4, 0.5) is 11.4 Å². The van der Waals surface area contributed by atoms with Crippen molar-refractivity contribution in [2.45, 2.75) is 6.92 Å². The highest BCUT2D eigenvalue weighted by Gasteiger charge is 2.02. The Labute approximate surface area is 87.2 Å². The molecule has 0 unspecified atom stereocenters. The summed E-state index contributed by atoms with van der Waals surface area (Å²) in [5, 5.41) is 10.3. The van der Waals surface area contributed by atoms with Gasteiger partial charge in [0, 0.05) is 12.1 Å². The highest BCUT2D eigenvalue weighted by molar-refractivity contribution is 5.85. The Kier molecular flexibility index (Phi) is 4.58. The number of amidine groups is 1. The molecule has 14 heavy (non-hydrogen) atoms. The highest BCUT2D eigenvalue weighted by atomic mass is 35.5. The summed E-state index contributed by atoms with van der Waals surface area (Å²) in [4.78, 5) is 13.8. The van der Waals surface area contributed by atoms with E-state index in [0.717, 1.165) is 0 Å². The zero-order chi connectivity index (χ0) is 9.84. The van der Waals surface area contributed by atoms with Crippen molar-refractivity contribution in [3.05, 3.63) is 34.4 Å². The van der Waals surface area contributed by atoms with Gasteiger partial charge >= 0.3 is 0 Å². The third-order valence-corrected chi connectivity index (χ3v) is 1.37. The lowest BCUT2D eigenvalue weighted by Crippen LogP contribution is -2.03. The fraction of sp³-hybridized carbons (Fsp3) is 0.125. The monoisotopic (exact) mass is 215 g/mol. The minimum Gasteiger partial charge on any atom is -0.387 e. The molecule has 2 N–H and O–H groups in total. The number of nitrogens with zero attached hydrogens (tertiary/aromatic N) is 2. The van der Waals surface area contributed by atoms with Crippen molar-refractivity contribution in [3.8, 4) is 0 Å². The number of non-ortho nitro benzene ring substituents is 1. The summed E-state index contributed by atoms with van der Waals surface area (Å²) in [6.07, 6.45) is 0. The number of benzene rings is 1. The lowest BCUT2D eigenvalue weighted by Gasteiger charge is -1.94. The molecule has 0 aliphatic heterocycles. The standard InChI is InChI=1S/C8H9N3O2.ClH/c1-6(9)10-7-2-4-8(5-3-7)11(12)13;/h2-5H,1H3,(H2,9,10);1H. The Balaban J connectivity index is 0.00000169. The third-order valence-electron chi connectivity index (χ3n) is 1.37. The second-order valence-corrected chi connectivity index (χ2v) is 2.53. The first-order valence-corrected chi connectivity index (χ1v) is 3.65. The van der Waals surface area contributed by atoms with E-state index in [0.29, 0.717) is 11.5 Å². The summed E-state index contributed by atoms with van der Waals surface area (Å²) in [6, 6.07) is 5.88. The molecular weight excluding hydrogens is 206 g/mol. The van der Waals surface area contributed by atoms with Crippen molar-refractivity contribution in [1.29, 1.82) is 0 Å². The molecule has 0 aliphatic carbocycles. The summed E-state index contributed by atoms with van der Waals surface area (Å²) < 4.78 is 0. The van der Waals surface area contributed by atoms with Crippen LogP contribution in [0.25, 0.3) is 0 Å². The summed E-state index contributed by atoms with van der Waals surface area (Å²) in [7, 11) is 0. The van der Waals surface area contributed by atoms with Gasteiger partial charge in [-0.1, -0.05) is 0 Å². The van der Waals surface area contributed by atoms with E-state index in [9.17, 15) is 10.1 Å². The Morgan fingerprint density at radius 2 is 1.93 bits per heavy atom. The molecule has 0 radical (unpaired) electrons. The number of nitro groups is 1. The SMILES string of the molecule is CC(N)=Nc1ccc([N+](=O)[O-])cc1.Cl. The number of hydrogen-bond acceptors (Lipinski definition) is 3. The lowest BCUT2D eigenvalue weighted by molar-refractivity contribution is -0.384. The van der Waals surface area contributed by atoms with Crippen LogP contribution in [0.5, 0.6) is 0 Å². The molecular formula is C8H10ClN3O2. The van der Waals surface area contributed by atoms with Crippen LogP contribution in [0.3, 0.4) is 0 Å². The third kappa shape index (κ3) is 3.40. The first-order valence-electron chi connectivity index (χ1n) is 3.65. The molecule has 76 valence electrons. The zero-order valence-corrected chi connectivity index (χ0v) is 8.32. The molecule has 6 heteroatoms. The molecule has 1 rings (SSSR count). The fourth-order valence-electron chi connectivity index (χ4n) is 0.853. The predicted molar refractivity (Wildman–Crippen MR) is 57.3 cm³/mol. The van der Waals surface area contributed by atoms with Gasteiger partial charge in [0.25, 0.3) is 5.69 Å². The van der Waals surface area contributed by atoms with Gasteiger partial charge in [-0.3, -0.25) is 10.1 Å². The van der Waals surface area contributed by atoms with Gasteiger partial charge in [-0.05, 0) is 19.1 Å². The maximum Gasteiger partial charge on any atom is 0.269 e. The van der Waals surface area contributed by atoms with Crippen molar-refractivity contribution in [2.75, 3.05) is 0 Å². The summed E-state index contributed by atoms with van der Waals surface area (Å²) in [6.45, 7) is 1.65. The molecule has 0 heterocycles. The van der Waals surface area contributed by atoms with Crippen molar-refractivity contribution >= 4 is 29.6 Å². The minimum atomic E-state index is -0.456. The van der Waals surface area contributed by atoms with Crippen LogP contribution in [-0.2, 0) is 0 Å². The average Bonchev–Trinajstić information content (AvgIpc) is 2.04. The van der Waals surface area contributed by atoms with Gasteiger partial charge in [0.05, 0.1) is 16.4 Å². The fourth-order valence-corrected chi connectivity index (χ4v) is 0.853. The number of aliphatic imine (C=N–C) groups is 1. The number of nitro benzene ring substituents is 1. The van der Waals surface area contributed by atoms with E-state index < -0.39 is 4.92 Å². The van der Waals surface area contributed by atoms with E-state index >= 15 is 0 Å². The number of rotatable bonds is 2. The normalized spacial score (nSPS) is 10.5. The minimum absolute atomic E-state index is 0. The van der Waals surface area contributed by atoms with E-state index in [2.05, 4.69) is 4.99 Å². The van der Waals surface area contributed by atoms with E-state index in [1.165, 1.54) is 12.1 Å². The number of hydrogen-bond donors (Lipinski definition) is 1. The smallest absolute Gasteiger partial charge is 0.269 e. The number of nitrogens with two attached hydrogens (primary N) is 1. The van der Waals surface area contributed by atoms with E-state index in [4.69, 9.17) is 5.73 Å². The Morgan fingerprint density at radius 3 is 2.29 bits per heavy atom. The van der Waals surface area contributed by atoms with Crippen molar-refractivity contribution in [3.63, 3.8) is 0 Å². The van der Waals surface area contributed by atoms with Crippen LogP contribution >= 0.6 is 12.4 Å². The van der Waals surface area contributed by atoms with Crippen LogP contribution in [0.2, 0.25) is 0 Å². The van der Waals surface area contributed by atoms with Crippen LogP contribution in [-0.4, -0.2) is 10.8 Å². The second-order valence-electron chi connectivity index (χ2n) is 2.53. The molecule has 0 aliphatic rings. The molecule has 0 bridgehead atoms. The second kappa shape index (κ2) is 5.18. The van der Waals surface area contributed by atoms with Crippen LogP contribution in [0, 0.1) is 10.1 Å². The Morgan fingerprint density at radius 1 is 1.43 bits per heavy atom. The van der Waals surface area contributed by atoms with Gasteiger partial charge in [-0.25, -0.2) is 4.99 Å². The average molecular weight is 216 g/mol. The maximum atomic E-state index is 10.3. The number of halogens is 1. The van der Waals surface area contributed by atoms with E-state index in [-0.39, 0.29) is 18.1 Å². The van der Waals surface area contributed by atoms with E-state index in [1.54, 1.807) is 19.1 Å². The molecule has 1 aromatic carbocycles. The molecule has 0 saturated carbocycles. The quantitative estimate of drug-likeness (QED) is 0.355. The highest BCUT2D eigenvalue weighted by Crippen LogP contribution is 2.17. The molecule has 0 atom stereocenters.